The summed E-state index contributed by atoms with van der Waals surface area (Å²) in [5, 5.41) is 11.3. The molecule has 21 nitrogen and oxygen atoms in total. The summed E-state index contributed by atoms with van der Waals surface area (Å²) in [5.74, 6) is -0.634. The van der Waals surface area contributed by atoms with Crippen LogP contribution in [0.2, 0.25) is 0 Å². The smallest absolute Gasteiger partial charge is 0.414 e. The van der Waals surface area contributed by atoms with E-state index in [-0.39, 0.29) is 54.5 Å². The highest BCUT2D eigenvalue weighted by molar-refractivity contribution is 7.43. The molecule has 0 saturated carbocycles. The number of oxime groups is 1. The van der Waals surface area contributed by atoms with Crippen molar-refractivity contribution in [1.82, 2.24) is 44.6 Å². The molecule has 16 N–H and O–H groups in total. The average molecular weight is 697 g/mol. The molecule has 4 heterocycles. The molecule has 0 radical (unpaired) electrons. The van der Waals surface area contributed by atoms with E-state index in [4.69, 9.17) is 9.57 Å². The Morgan fingerprint density at radius 2 is 1.80 bits per heavy atom. The average Bonchev–Trinajstić information content (AvgIpc) is 3.68. The van der Waals surface area contributed by atoms with Gasteiger partial charge in [0.05, 0.1) is 52.9 Å². The zero-order chi connectivity index (χ0) is 30.1. The van der Waals surface area contributed by atoms with Crippen molar-refractivity contribution in [2.75, 3.05) is 18.1 Å². The molecule has 0 aliphatic carbocycles. The number of rotatable bonds is 11. The molecule has 256 valence electrons. The molecular weight excluding hydrogens is 661 g/mol. The fourth-order valence-corrected chi connectivity index (χ4v) is 5.14. The molecule has 5 rings (SSSR count). The molecule has 2 aromatic heterocycles. The topological polar surface area (TPSA) is 386 Å². The highest BCUT2D eigenvalue weighted by Gasteiger charge is 2.34. The summed E-state index contributed by atoms with van der Waals surface area (Å²) in [5.41, 5.74) is 1.26. The van der Waals surface area contributed by atoms with Gasteiger partial charge in [0.25, 0.3) is 0 Å². The Kier molecular flexibility index (Phi) is 14.2. The largest absolute Gasteiger partial charge is 0.790 e. The van der Waals surface area contributed by atoms with Crippen LogP contribution in [-0.4, -0.2) is 63.2 Å². The van der Waals surface area contributed by atoms with E-state index in [0.29, 0.717) is 17.8 Å². The molecule has 3 atom stereocenters. The lowest BCUT2D eigenvalue weighted by Crippen LogP contribution is -2.37. The molecule has 1 fully saturated rings. The number of hydrogen-bond acceptors (Lipinski definition) is 15. The number of nitrogens with zero attached hydrogens (tertiary/aromatic N) is 6. The molecule has 24 heteroatoms. The molecule has 2 aliphatic heterocycles. The second-order valence-electron chi connectivity index (χ2n) is 9.06. The van der Waals surface area contributed by atoms with Crippen LogP contribution in [0, 0.1) is 5.82 Å². The molecule has 1 saturated heterocycles. The van der Waals surface area contributed by atoms with Gasteiger partial charge in [-0.3, -0.25) is 9.88 Å². The van der Waals surface area contributed by atoms with Gasteiger partial charge < -0.3 is 71.9 Å². The van der Waals surface area contributed by atoms with Gasteiger partial charge in [0, 0.05) is 29.9 Å². The Morgan fingerprint density at radius 3 is 2.39 bits per heavy atom. The van der Waals surface area contributed by atoms with E-state index in [1.165, 1.54) is 46.2 Å². The predicted octanol–water partition coefficient (Wildman–Crippen LogP) is 0.562. The Labute approximate surface area is 260 Å². The van der Waals surface area contributed by atoms with Gasteiger partial charge in [-0.2, -0.15) is 0 Å². The number of benzene rings is 1. The van der Waals surface area contributed by atoms with Crippen LogP contribution < -0.4 is 49.1 Å². The van der Waals surface area contributed by atoms with Crippen molar-refractivity contribution in [3.8, 4) is 11.1 Å². The summed E-state index contributed by atoms with van der Waals surface area (Å²) in [6.07, 6.45) is 0.0878. The maximum atomic E-state index is 15.1. The highest BCUT2D eigenvalue weighted by Crippen LogP contribution is 2.35. The van der Waals surface area contributed by atoms with Crippen molar-refractivity contribution in [3.05, 3.63) is 60.4 Å². The first-order chi connectivity index (χ1) is 19.8. The molecule has 1 amide bonds. The van der Waals surface area contributed by atoms with E-state index in [0.717, 1.165) is 0 Å². The lowest BCUT2D eigenvalue weighted by atomic mass is 10.0. The third-order valence-electron chi connectivity index (χ3n) is 6.14. The standard InChI is InChI=1S/C22H23FN6O11P2.4H3N/c23-17-7-14(29-11-15(38-22(29)30)10-28-6-5-25-27-28)2-3-16(17)13-1-4-18(24-9-13)19-8-20(39-26-19)21(40-42(34,35)36)12-37-41(31,32)33;;;;/h1-7,9,15,20-21H,8,10-12H2,(H2,31,32,33)(H2,34,35,36);4*1H3/t15-,20-,21+;;;;/m0..../s1. The van der Waals surface area contributed by atoms with E-state index < -0.39 is 52.5 Å². The highest BCUT2D eigenvalue weighted by atomic mass is 31.2. The van der Waals surface area contributed by atoms with Crippen molar-refractivity contribution < 1.29 is 56.5 Å². The Bertz CT molecular complexity index is 1570. The van der Waals surface area contributed by atoms with Crippen LogP contribution in [0.15, 0.2) is 54.1 Å². The number of ether oxygens (including phenoxy) is 1. The summed E-state index contributed by atoms with van der Waals surface area (Å²) < 4.78 is 52.1. The number of hydrogen-bond donors (Lipinski definition) is 4. The quantitative estimate of drug-likeness (QED) is 0.199. The zero-order valence-corrected chi connectivity index (χ0v) is 26.9. The van der Waals surface area contributed by atoms with Crippen molar-refractivity contribution in [3.63, 3.8) is 0 Å². The summed E-state index contributed by atoms with van der Waals surface area (Å²) in [4.78, 5) is 66.6. The van der Waals surface area contributed by atoms with Crippen LogP contribution in [0.1, 0.15) is 12.1 Å². The molecule has 0 unspecified atom stereocenters. The van der Waals surface area contributed by atoms with Gasteiger partial charge in [-0.1, -0.05) is 16.4 Å². The number of anilines is 1. The molecule has 2 aliphatic rings. The minimum absolute atomic E-state index is 0. The molecule has 46 heavy (non-hydrogen) atoms. The van der Waals surface area contributed by atoms with E-state index >= 15 is 4.39 Å². The second kappa shape index (κ2) is 16.2. The zero-order valence-electron chi connectivity index (χ0n) is 25.1. The number of pyridine rings is 1. The number of carbonyl (C=O) groups excluding carboxylic acids is 1. The van der Waals surface area contributed by atoms with E-state index in [1.54, 1.807) is 12.3 Å². The molecule has 0 spiro atoms. The number of quaternary nitrogens is 4. The first-order valence-corrected chi connectivity index (χ1v) is 14.9. The monoisotopic (exact) mass is 696 g/mol. The maximum absolute atomic E-state index is 15.1. The van der Waals surface area contributed by atoms with Crippen LogP contribution in [0.5, 0.6) is 0 Å². The van der Waals surface area contributed by atoms with Crippen molar-refractivity contribution in [2.24, 2.45) is 5.16 Å². The van der Waals surface area contributed by atoms with E-state index in [2.05, 4.69) is 29.5 Å². The van der Waals surface area contributed by atoms with Crippen LogP contribution in [-0.2, 0) is 34.3 Å². The number of cyclic esters (lactones) is 1. The Balaban J connectivity index is 0.00000264. The van der Waals surface area contributed by atoms with Gasteiger partial charge in [-0.15, -0.1) is 5.10 Å². The van der Waals surface area contributed by atoms with Gasteiger partial charge >= 0.3 is 6.09 Å². The number of carbonyl (C=O) groups is 1. The fourth-order valence-electron chi connectivity index (χ4n) is 4.28. The van der Waals surface area contributed by atoms with Crippen LogP contribution in [0.4, 0.5) is 14.9 Å². The summed E-state index contributed by atoms with van der Waals surface area (Å²) in [6, 6.07) is 7.22. The number of phosphoric ester groups is 2. The normalized spacial score (nSPS) is 18.2. The summed E-state index contributed by atoms with van der Waals surface area (Å²) in [6.45, 7) is -0.615. The van der Waals surface area contributed by atoms with Crippen LogP contribution in [0.3, 0.4) is 0 Å². The molecular formula is C22H35FN10O11P2. The minimum Gasteiger partial charge on any atom is -0.790 e. The van der Waals surface area contributed by atoms with Gasteiger partial charge in [-0.05, 0) is 24.3 Å². The first-order valence-electron chi connectivity index (χ1n) is 12.0. The first kappa shape index (κ1) is 40.3. The Hall–Kier alpha value is -3.76. The Morgan fingerprint density at radius 1 is 1.07 bits per heavy atom. The SMILES string of the molecule is O=C1O[C@@H](Cn2ccnn2)CN1c1ccc(-c2ccc(C3=NO[C@H]([C@@H](COP(=O)([O-])[O-])OP(=O)([O-])[O-])C3)nc2)c(F)c1.[NH4+].[NH4+].[NH4+].[NH4+]. The number of amides is 1. The molecule has 1 aromatic carbocycles. The van der Waals surface area contributed by atoms with Crippen molar-refractivity contribution >= 4 is 33.1 Å². The van der Waals surface area contributed by atoms with Crippen molar-refractivity contribution in [2.45, 2.75) is 31.3 Å². The summed E-state index contributed by atoms with van der Waals surface area (Å²) >= 11 is 0. The predicted molar refractivity (Wildman–Crippen MR) is 153 cm³/mol. The second-order valence-corrected chi connectivity index (χ2v) is 11.3. The fraction of sp³-hybridized carbons (Fsp3) is 0.318. The lowest BCUT2D eigenvalue weighted by Gasteiger charge is -2.37. The van der Waals surface area contributed by atoms with Gasteiger partial charge in [-0.25, -0.2) is 13.9 Å². The lowest BCUT2D eigenvalue weighted by molar-refractivity contribution is -0.354. The van der Waals surface area contributed by atoms with Crippen LogP contribution >= 0.6 is 15.6 Å². The van der Waals surface area contributed by atoms with E-state index in [1.807, 2.05) is 0 Å². The number of phosphoric acid groups is 2. The number of halogens is 1. The third-order valence-corrected chi connectivity index (χ3v) is 7.13. The molecule has 0 bridgehead atoms. The van der Waals surface area contributed by atoms with Gasteiger partial charge in [0.2, 0.25) is 0 Å². The van der Waals surface area contributed by atoms with Gasteiger partial charge in [0.15, 0.2) is 6.10 Å². The minimum atomic E-state index is -5.61. The van der Waals surface area contributed by atoms with Crippen LogP contribution in [0.25, 0.3) is 11.1 Å². The number of aromatic nitrogens is 4. The van der Waals surface area contributed by atoms with E-state index in [9.17, 15) is 33.5 Å². The van der Waals surface area contributed by atoms with Gasteiger partial charge in [0.1, 0.15) is 23.7 Å². The maximum Gasteiger partial charge on any atom is 0.414 e. The summed E-state index contributed by atoms with van der Waals surface area (Å²) in [7, 11) is -11.1. The van der Waals surface area contributed by atoms with Crippen molar-refractivity contribution in [1.29, 1.82) is 0 Å². The third kappa shape index (κ3) is 10.1. The molecule has 3 aromatic rings.